The molecule has 0 aliphatic heterocycles. The number of guanidine groups is 1. The Morgan fingerprint density at radius 2 is 1.83 bits per heavy atom. The molecule has 0 saturated carbocycles. The van der Waals surface area contributed by atoms with Crippen LogP contribution in [-0.4, -0.2) is 47.9 Å². The number of hydroxylamine groups is 1. The maximum atomic E-state index is 11.2. The van der Waals surface area contributed by atoms with Crippen molar-refractivity contribution in [1.29, 1.82) is 0 Å². The Morgan fingerprint density at radius 1 is 1.21 bits per heavy atom. The van der Waals surface area contributed by atoms with Gasteiger partial charge >= 0.3 is 0 Å². The lowest BCUT2D eigenvalue weighted by Crippen LogP contribution is -2.45. The van der Waals surface area contributed by atoms with Gasteiger partial charge < -0.3 is 32.8 Å². The summed E-state index contributed by atoms with van der Waals surface area (Å²) in [6.07, 6.45) is 1.44. The summed E-state index contributed by atoms with van der Waals surface area (Å²) >= 11 is 0. The third kappa shape index (κ3) is 11.2. The number of hydrogen-bond acceptors (Lipinski definition) is 6. The molecule has 0 aliphatic carbocycles. The molecule has 0 heterocycles. The summed E-state index contributed by atoms with van der Waals surface area (Å²) in [5.41, 5.74) is 18.2. The molecule has 0 bridgehead atoms. The molecule has 1 aromatic rings. The highest BCUT2D eigenvalue weighted by Gasteiger charge is 2.14. The summed E-state index contributed by atoms with van der Waals surface area (Å²) in [4.78, 5) is 14.9. The second-order valence-corrected chi connectivity index (χ2v) is 4.99. The Balaban J connectivity index is 0.000000640. The van der Waals surface area contributed by atoms with E-state index in [-0.39, 0.29) is 11.7 Å². The van der Waals surface area contributed by atoms with Gasteiger partial charge in [-0.15, -0.1) is 0 Å². The number of amides is 1. The van der Waals surface area contributed by atoms with Crippen LogP contribution in [0.3, 0.4) is 0 Å². The van der Waals surface area contributed by atoms with Crippen LogP contribution in [0.4, 0.5) is 0 Å². The van der Waals surface area contributed by atoms with Crippen LogP contribution in [0.15, 0.2) is 29.3 Å². The number of nitrogens with zero attached hydrogens (tertiary/aromatic N) is 1. The van der Waals surface area contributed by atoms with E-state index in [4.69, 9.17) is 27.5 Å². The van der Waals surface area contributed by atoms with Crippen LogP contribution in [-0.2, 0) is 11.2 Å². The summed E-state index contributed by atoms with van der Waals surface area (Å²) in [5, 5.41) is 20.5. The molecule has 0 radical (unpaired) electrons. The smallest absolute Gasteiger partial charge is 0.234 e. The normalized spacial score (nSPS) is 11.1. The number of nitrogens with one attached hydrogen (secondary N) is 2. The van der Waals surface area contributed by atoms with Gasteiger partial charge in [0.1, 0.15) is 5.75 Å². The van der Waals surface area contributed by atoms with E-state index in [2.05, 4.69) is 10.3 Å². The zero-order valence-corrected chi connectivity index (χ0v) is 13.9. The molecule has 136 valence electrons. The Bertz CT molecular complexity index is 488. The number of aromatic hydroxyl groups is 1. The first-order chi connectivity index (χ1) is 11.4. The maximum Gasteiger partial charge on any atom is 0.234 e. The van der Waals surface area contributed by atoms with Crippen molar-refractivity contribution in [2.45, 2.75) is 25.8 Å². The zero-order chi connectivity index (χ0) is 18.4. The van der Waals surface area contributed by atoms with Crippen LogP contribution in [0.1, 0.15) is 18.9 Å². The van der Waals surface area contributed by atoms with Crippen LogP contribution in [0.25, 0.3) is 0 Å². The van der Waals surface area contributed by atoms with Crippen molar-refractivity contribution in [1.82, 2.24) is 10.8 Å². The van der Waals surface area contributed by atoms with Crippen LogP contribution < -0.4 is 28.0 Å². The van der Waals surface area contributed by atoms with Crippen molar-refractivity contribution in [3.05, 3.63) is 29.8 Å². The first kappa shape index (κ1) is 21.6. The van der Waals surface area contributed by atoms with Gasteiger partial charge in [-0.05, 0) is 30.5 Å². The molecule has 0 aliphatic rings. The minimum Gasteiger partial charge on any atom is -0.508 e. The third-order valence-electron chi connectivity index (χ3n) is 2.87. The SMILES string of the molecule is CCCN=C(N)N.NC(=O)C(Cc1ccc(O)cc1)NCCNO. The van der Waals surface area contributed by atoms with E-state index in [0.29, 0.717) is 19.5 Å². The number of aliphatic imine (C=N–C) groups is 1. The van der Waals surface area contributed by atoms with Crippen molar-refractivity contribution in [2.24, 2.45) is 22.2 Å². The molecular weight excluding hydrogens is 312 g/mol. The van der Waals surface area contributed by atoms with Gasteiger partial charge in [-0.2, -0.15) is 0 Å². The molecule has 0 saturated heterocycles. The van der Waals surface area contributed by atoms with Gasteiger partial charge in [-0.3, -0.25) is 9.79 Å². The lowest BCUT2D eigenvalue weighted by atomic mass is 10.1. The van der Waals surface area contributed by atoms with E-state index in [0.717, 1.165) is 18.5 Å². The molecule has 1 rings (SSSR count). The fourth-order valence-electron chi connectivity index (χ4n) is 1.68. The maximum absolute atomic E-state index is 11.2. The number of carbonyl (C=O) groups is 1. The monoisotopic (exact) mass is 340 g/mol. The average Bonchev–Trinajstić information content (AvgIpc) is 2.54. The molecule has 0 spiro atoms. The largest absolute Gasteiger partial charge is 0.508 e. The number of hydrogen-bond donors (Lipinski definition) is 7. The summed E-state index contributed by atoms with van der Waals surface area (Å²) in [5.74, 6) is -0.0836. The topological polar surface area (TPSA) is 172 Å². The van der Waals surface area contributed by atoms with Gasteiger partial charge in [0.2, 0.25) is 5.91 Å². The van der Waals surface area contributed by atoms with Gasteiger partial charge in [0.15, 0.2) is 5.96 Å². The predicted octanol–water partition coefficient (Wildman–Crippen LogP) is -0.973. The number of phenolic OH excluding ortho intramolecular Hbond substituents is 1. The quantitative estimate of drug-likeness (QED) is 0.131. The molecule has 9 nitrogen and oxygen atoms in total. The Labute approximate surface area is 141 Å². The highest BCUT2D eigenvalue weighted by atomic mass is 16.5. The molecule has 24 heavy (non-hydrogen) atoms. The van der Waals surface area contributed by atoms with Crippen molar-refractivity contribution >= 4 is 11.9 Å². The number of carbonyl (C=O) groups excluding carboxylic acids is 1. The molecule has 1 amide bonds. The zero-order valence-electron chi connectivity index (χ0n) is 13.9. The molecular formula is C15H28N6O3. The average molecular weight is 340 g/mol. The Hall–Kier alpha value is -2.36. The highest BCUT2D eigenvalue weighted by molar-refractivity contribution is 5.80. The Kier molecular flexibility index (Phi) is 11.8. The van der Waals surface area contributed by atoms with Gasteiger partial charge in [0.25, 0.3) is 0 Å². The van der Waals surface area contributed by atoms with Gasteiger partial charge in [-0.1, -0.05) is 19.1 Å². The minimum absolute atomic E-state index is 0.182. The summed E-state index contributed by atoms with van der Waals surface area (Å²) in [7, 11) is 0. The second kappa shape index (κ2) is 13.1. The van der Waals surface area contributed by atoms with E-state index in [9.17, 15) is 4.79 Å². The van der Waals surface area contributed by atoms with E-state index in [1.165, 1.54) is 0 Å². The van der Waals surface area contributed by atoms with Crippen LogP contribution in [0.5, 0.6) is 5.75 Å². The fraction of sp³-hybridized carbons (Fsp3) is 0.467. The van der Waals surface area contributed by atoms with Crippen molar-refractivity contribution in [3.63, 3.8) is 0 Å². The van der Waals surface area contributed by atoms with Crippen LogP contribution in [0, 0.1) is 0 Å². The molecule has 10 N–H and O–H groups in total. The first-order valence-corrected chi connectivity index (χ1v) is 7.63. The molecule has 1 unspecified atom stereocenters. The molecule has 9 heteroatoms. The van der Waals surface area contributed by atoms with Gasteiger partial charge in [0, 0.05) is 19.6 Å². The highest BCUT2D eigenvalue weighted by Crippen LogP contribution is 2.11. The van der Waals surface area contributed by atoms with E-state index >= 15 is 0 Å². The van der Waals surface area contributed by atoms with Gasteiger partial charge in [-0.25, -0.2) is 5.48 Å². The van der Waals surface area contributed by atoms with Crippen molar-refractivity contribution in [3.8, 4) is 5.75 Å². The standard InChI is InChI=1S/C11H17N3O3.C4H11N3/c12-11(16)10(13-5-6-14-17)7-8-1-3-9(15)4-2-8;1-2-3-7-4(5)6/h1-4,10,13-15,17H,5-7H2,(H2,12,16);2-3H2,1H3,(H4,5,6,7). The predicted molar refractivity (Wildman–Crippen MR) is 93.6 cm³/mol. The number of nitrogens with two attached hydrogens (primary N) is 3. The Morgan fingerprint density at radius 3 is 2.25 bits per heavy atom. The van der Waals surface area contributed by atoms with Crippen molar-refractivity contribution < 1.29 is 15.1 Å². The van der Waals surface area contributed by atoms with Crippen LogP contribution >= 0.6 is 0 Å². The molecule has 0 aromatic heterocycles. The fourth-order valence-corrected chi connectivity index (χ4v) is 1.68. The summed E-state index contributed by atoms with van der Waals surface area (Å²) in [6.45, 7) is 3.52. The second-order valence-electron chi connectivity index (χ2n) is 4.99. The molecule has 1 atom stereocenters. The lowest BCUT2D eigenvalue weighted by Gasteiger charge is -2.15. The molecule has 1 aromatic carbocycles. The van der Waals surface area contributed by atoms with E-state index in [1.807, 2.05) is 12.4 Å². The van der Waals surface area contributed by atoms with Crippen molar-refractivity contribution in [2.75, 3.05) is 19.6 Å². The number of phenols is 1. The summed E-state index contributed by atoms with van der Waals surface area (Å²) < 4.78 is 0. The van der Waals surface area contributed by atoms with E-state index in [1.54, 1.807) is 24.3 Å². The number of primary amides is 1. The molecule has 0 fully saturated rings. The number of rotatable bonds is 9. The minimum atomic E-state index is -0.493. The van der Waals surface area contributed by atoms with Crippen LogP contribution in [0.2, 0.25) is 0 Å². The lowest BCUT2D eigenvalue weighted by molar-refractivity contribution is -0.120. The van der Waals surface area contributed by atoms with Gasteiger partial charge in [0.05, 0.1) is 6.04 Å². The number of benzene rings is 1. The first-order valence-electron chi connectivity index (χ1n) is 7.63. The van der Waals surface area contributed by atoms with E-state index < -0.39 is 11.9 Å². The summed E-state index contributed by atoms with van der Waals surface area (Å²) in [6, 6.07) is 6.09. The third-order valence-corrected chi connectivity index (χ3v) is 2.87.